The minimum atomic E-state index is -5.05. The molecule has 0 aliphatic heterocycles. The van der Waals surface area contributed by atoms with Gasteiger partial charge in [-0.05, 0) is 12.1 Å². The number of nitrogens with two attached hydrogens (primary N) is 1. The molecule has 2 N–H and O–H groups in total. The minimum absolute atomic E-state index is 0.232. The SMILES string of the molecule is COc1ccc(C(C(F)(F)F)S(N)(=O)=O)c(OC)c1. The molecule has 1 aromatic rings. The Hall–Kier alpha value is -1.48. The third-order valence-electron chi connectivity index (χ3n) is 2.35. The number of sulfonamides is 1. The van der Waals surface area contributed by atoms with Crippen molar-refractivity contribution in [2.45, 2.75) is 11.4 Å². The van der Waals surface area contributed by atoms with Gasteiger partial charge in [-0.15, -0.1) is 0 Å². The van der Waals surface area contributed by atoms with E-state index in [0.717, 1.165) is 19.2 Å². The van der Waals surface area contributed by atoms with E-state index in [1.807, 2.05) is 0 Å². The lowest BCUT2D eigenvalue weighted by molar-refractivity contribution is -0.131. The summed E-state index contributed by atoms with van der Waals surface area (Å²) in [5.41, 5.74) is -0.585. The number of primary sulfonamides is 1. The van der Waals surface area contributed by atoms with Crippen LogP contribution in [-0.2, 0) is 10.0 Å². The average molecular weight is 299 g/mol. The van der Waals surface area contributed by atoms with Crippen molar-refractivity contribution in [3.8, 4) is 11.5 Å². The quantitative estimate of drug-likeness (QED) is 0.916. The molecule has 0 saturated heterocycles. The van der Waals surface area contributed by atoms with Crippen molar-refractivity contribution in [3.05, 3.63) is 23.8 Å². The maximum atomic E-state index is 12.9. The Balaban J connectivity index is 3.48. The molecular formula is C10H12F3NO4S. The van der Waals surface area contributed by atoms with Gasteiger partial charge in [0, 0.05) is 11.6 Å². The Labute approximate surface area is 108 Å². The summed E-state index contributed by atoms with van der Waals surface area (Å²) in [5, 5.41) is 1.81. The molecule has 0 amide bonds. The molecule has 9 heteroatoms. The molecule has 5 nitrogen and oxygen atoms in total. The van der Waals surface area contributed by atoms with Crippen LogP contribution in [0, 0.1) is 0 Å². The van der Waals surface area contributed by atoms with Crippen LogP contribution >= 0.6 is 0 Å². The Morgan fingerprint density at radius 2 is 1.79 bits per heavy atom. The number of ether oxygens (including phenoxy) is 2. The first kappa shape index (κ1) is 15.6. The van der Waals surface area contributed by atoms with Gasteiger partial charge in [0.15, 0.2) is 5.25 Å². The normalized spacial score (nSPS) is 14.0. The molecule has 0 aromatic heterocycles. The van der Waals surface area contributed by atoms with E-state index in [1.54, 1.807) is 0 Å². The van der Waals surface area contributed by atoms with Gasteiger partial charge in [0.25, 0.3) is 0 Å². The molecule has 0 bridgehead atoms. The van der Waals surface area contributed by atoms with Crippen LogP contribution in [-0.4, -0.2) is 28.8 Å². The molecule has 1 aromatic carbocycles. The van der Waals surface area contributed by atoms with E-state index in [9.17, 15) is 21.6 Å². The largest absolute Gasteiger partial charge is 0.497 e. The molecule has 0 radical (unpaired) electrons. The second-order valence-electron chi connectivity index (χ2n) is 3.62. The van der Waals surface area contributed by atoms with Crippen molar-refractivity contribution >= 4 is 10.0 Å². The van der Waals surface area contributed by atoms with Gasteiger partial charge in [0.1, 0.15) is 11.5 Å². The lowest BCUT2D eigenvalue weighted by atomic mass is 10.1. The van der Waals surface area contributed by atoms with Crippen molar-refractivity contribution in [1.29, 1.82) is 0 Å². The zero-order valence-corrected chi connectivity index (χ0v) is 10.9. The molecule has 1 unspecified atom stereocenters. The predicted octanol–water partition coefficient (Wildman–Crippen LogP) is 1.60. The number of benzene rings is 1. The highest BCUT2D eigenvalue weighted by atomic mass is 32.2. The predicted molar refractivity (Wildman–Crippen MR) is 61.4 cm³/mol. The summed E-state index contributed by atoms with van der Waals surface area (Å²) >= 11 is 0. The van der Waals surface area contributed by atoms with Crippen LogP contribution in [0.1, 0.15) is 10.8 Å². The molecule has 0 fully saturated rings. The van der Waals surface area contributed by atoms with Crippen molar-refractivity contribution < 1.29 is 31.1 Å². The average Bonchev–Trinajstić information content (AvgIpc) is 2.25. The van der Waals surface area contributed by atoms with Crippen molar-refractivity contribution in [2.75, 3.05) is 14.2 Å². The lowest BCUT2D eigenvalue weighted by Gasteiger charge is -2.21. The van der Waals surface area contributed by atoms with E-state index in [-0.39, 0.29) is 11.5 Å². The van der Waals surface area contributed by atoms with Crippen molar-refractivity contribution in [1.82, 2.24) is 0 Å². The maximum absolute atomic E-state index is 12.9. The zero-order chi connectivity index (χ0) is 14.8. The number of rotatable bonds is 4. The number of alkyl halides is 3. The van der Waals surface area contributed by atoms with Crippen molar-refractivity contribution in [3.63, 3.8) is 0 Å². The third-order valence-corrected chi connectivity index (χ3v) is 3.53. The summed E-state index contributed by atoms with van der Waals surface area (Å²) in [6.45, 7) is 0. The van der Waals surface area contributed by atoms with Gasteiger partial charge in [-0.1, -0.05) is 0 Å². The van der Waals surface area contributed by atoms with Crippen LogP contribution in [0.25, 0.3) is 0 Å². The Bertz CT molecular complexity index is 556. The topological polar surface area (TPSA) is 78.6 Å². The summed E-state index contributed by atoms with van der Waals surface area (Å²) in [5.74, 6) is -0.0355. The van der Waals surface area contributed by atoms with E-state index < -0.39 is 27.0 Å². The lowest BCUT2D eigenvalue weighted by Crippen LogP contribution is -2.33. The van der Waals surface area contributed by atoms with Gasteiger partial charge < -0.3 is 9.47 Å². The van der Waals surface area contributed by atoms with Gasteiger partial charge in [-0.25, -0.2) is 13.6 Å². The standard InChI is InChI=1S/C10H12F3NO4S/c1-17-6-3-4-7(8(5-6)18-2)9(10(11,12)13)19(14,15)16/h3-5,9H,1-2H3,(H2,14,15,16). The fourth-order valence-corrected chi connectivity index (χ4v) is 2.50. The Kier molecular flexibility index (Phi) is 4.31. The molecule has 0 heterocycles. The Morgan fingerprint density at radius 1 is 1.21 bits per heavy atom. The minimum Gasteiger partial charge on any atom is -0.497 e. The molecule has 19 heavy (non-hydrogen) atoms. The van der Waals surface area contributed by atoms with E-state index in [4.69, 9.17) is 9.47 Å². The van der Waals surface area contributed by atoms with Crippen LogP contribution in [0.2, 0.25) is 0 Å². The first-order chi connectivity index (χ1) is 8.61. The van der Waals surface area contributed by atoms with E-state index >= 15 is 0 Å². The number of hydrogen-bond acceptors (Lipinski definition) is 4. The van der Waals surface area contributed by atoms with Crippen LogP contribution in [0.4, 0.5) is 13.2 Å². The number of methoxy groups -OCH3 is 2. The van der Waals surface area contributed by atoms with Gasteiger partial charge in [0.05, 0.1) is 14.2 Å². The molecule has 0 spiro atoms. The summed E-state index contributed by atoms with van der Waals surface area (Å²) in [7, 11) is -2.44. The summed E-state index contributed by atoms with van der Waals surface area (Å²) in [6.07, 6.45) is -5.05. The first-order valence-corrected chi connectivity index (χ1v) is 6.52. The van der Waals surface area contributed by atoms with E-state index in [0.29, 0.717) is 0 Å². The molecular weight excluding hydrogens is 287 g/mol. The van der Waals surface area contributed by atoms with Crippen LogP contribution in [0.5, 0.6) is 11.5 Å². The van der Waals surface area contributed by atoms with Crippen molar-refractivity contribution in [2.24, 2.45) is 5.14 Å². The fraction of sp³-hybridized carbons (Fsp3) is 0.400. The monoisotopic (exact) mass is 299 g/mol. The number of halogens is 3. The molecule has 0 aliphatic rings. The molecule has 1 atom stereocenters. The van der Waals surface area contributed by atoms with Gasteiger partial charge in [-0.2, -0.15) is 13.2 Å². The molecule has 0 saturated carbocycles. The van der Waals surface area contributed by atoms with Gasteiger partial charge in [-0.3, -0.25) is 0 Å². The highest BCUT2D eigenvalue weighted by molar-refractivity contribution is 7.89. The maximum Gasteiger partial charge on any atom is 0.410 e. The van der Waals surface area contributed by atoms with Gasteiger partial charge >= 0.3 is 6.18 Å². The second-order valence-corrected chi connectivity index (χ2v) is 5.27. The summed E-state index contributed by atoms with van der Waals surface area (Å²) in [6, 6.07) is 3.31. The molecule has 108 valence electrons. The molecule has 1 rings (SSSR count). The Morgan fingerprint density at radius 3 is 2.16 bits per heavy atom. The van der Waals surface area contributed by atoms with Crippen LogP contribution < -0.4 is 14.6 Å². The second kappa shape index (κ2) is 5.25. The number of hydrogen-bond donors (Lipinski definition) is 1. The van der Waals surface area contributed by atoms with Gasteiger partial charge in [0.2, 0.25) is 10.0 Å². The highest BCUT2D eigenvalue weighted by Gasteiger charge is 2.49. The van der Waals surface area contributed by atoms with E-state index in [1.165, 1.54) is 13.2 Å². The summed E-state index contributed by atoms with van der Waals surface area (Å²) in [4.78, 5) is 0. The zero-order valence-electron chi connectivity index (χ0n) is 10.1. The smallest absolute Gasteiger partial charge is 0.410 e. The van der Waals surface area contributed by atoms with Crippen LogP contribution in [0.15, 0.2) is 18.2 Å². The van der Waals surface area contributed by atoms with E-state index in [2.05, 4.69) is 5.14 Å². The fourth-order valence-electron chi connectivity index (χ4n) is 1.57. The highest BCUT2D eigenvalue weighted by Crippen LogP contribution is 2.42. The summed E-state index contributed by atoms with van der Waals surface area (Å²) < 4.78 is 70.5. The molecule has 0 aliphatic carbocycles. The first-order valence-electron chi connectivity index (χ1n) is 4.91. The third kappa shape index (κ3) is 3.51. The van der Waals surface area contributed by atoms with Crippen LogP contribution in [0.3, 0.4) is 0 Å².